The minimum atomic E-state index is -3.21. The molecule has 0 fully saturated rings. The number of carbonyl (C=O) groups is 1. The van der Waals surface area contributed by atoms with Gasteiger partial charge in [-0.3, -0.25) is 4.79 Å². The first-order valence-corrected chi connectivity index (χ1v) is 8.40. The van der Waals surface area contributed by atoms with Gasteiger partial charge in [-0.25, -0.2) is 13.1 Å². The van der Waals surface area contributed by atoms with Crippen molar-refractivity contribution in [2.24, 2.45) is 0 Å². The maximum Gasteiger partial charge on any atom is 0.251 e. The van der Waals surface area contributed by atoms with E-state index in [-0.39, 0.29) is 24.7 Å². The molecule has 0 saturated heterocycles. The van der Waals surface area contributed by atoms with E-state index in [4.69, 9.17) is 0 Å². The van der Waals surface area contributed by atoms with Crippen molar-refractivity contribution in [2.75, 3.05) is 18.8 Å². The van der Waals surface area contributed by atoms with Crippen molar-refractivity contribution in [3.63, 3.8) is 0 Å². The Morgan fingerprint density at radius 3 is 2.68 bits per heavy atom. The smallest absolute Gasteiger partial charge is 0.251 e. The number of benzene rings is 1. The third-order valence-corrected chi connectivity index (χ3v) is 4.38. The Kier molecular flexibility index (Phi) is 6.47. The largest absolute Gasteiger partial charge is 0.351 e. The minimum absolute atomic E-state index is 0.104. The molecule has 0 aromatic heterocycles. The second-order valence-corrected chi connectivity index (χ2v) is 6.82. The van der Waals surface area contributed by atoms with Crippen molar-refractivity contribution in [3.8, 4) is 0 Å². The molecule has 1 aromatic carbocycles. The van der Waals surface area contributed by atoms with Crippen LogP contribution in [0.5, 0.6) is 0 Å². The van der Waals surface area contributed by atoms with E-state index in [1.165, 1.54) is 0 Å². The highest BCUT2D eigenvalue weighted by Gasteiger charge is 2.08. The van der Waals surface area contributed by atoms with Crippen LogP contribution in [0.25, 0.3) is 0 Å². The minimum Gasteiger partial charge on any atom is -0.351 e. The Morgan fingerprint density at radius 1 is 1.32 bits per heavy atom. The number of sulfonamides is 1. The van der Waals surface area contributed by atoms with Crippen molar-refractivity contribution < 1.29 is 13.2 Å². The monoisotopic (exact) mass is 348 g/mol. The molecule has 0 saturated carbocycles. The maximum atomic E-state index is 11.7. The zero-order chi connectivity index (χ0) is 14.3. The summed E-state index contributed by atoms with van der Waals surface area (Å²) in [4.78, 5) is 11.7. The first kappa shape index (κ1) is 16.1. The van der Waals surface area contributed by atoms with Gasteiger partial charge in [-0.2, -0.15) is 0 Å². The van der Waals surface area contributed by atoms with Crippen LogP contribution >= 0.6 is 15.9 Å². The summed E-state index contributed by atoms with van der Waals surface area (Å²) >= 11 is 3.28. The summed E-state index contributed by atoms with van der Waals surface area (Å²) in [6.45, 7) is 2.25. The van der Waals surface area contributed by atoms with Gasteiger partial charge in [0.1, 0.15) is 0 Å². The van der Waals surface area contributed by atoms with Gasteiger partial charge >= 0.3 is 0 Å². The zero-order valence-electron chi connectivity index (χ0n) is 10.6. The predicted octanol–water partition coefficient (Wildman–Crippen LogP) is 1.51. The lowest BCUT2D eigenvalue weighted by Gasteiger charge is -2.07. The molecule has 2 N–H and O–H groups in total. The Bertz CT molecular complexity index is 532. The first-order valence-electron chi connectivity index (χ1n) is 5.95. The summed E-state index contributed by atoms with van der Waals surface area (Å²) in [6, 6.07) is 7.00. The number of hydrogen-bond donors (Lipinski definition) is 2. The summed E-state index contributed by atoms with van der Waals surface area (Å²) in [6.07, 6.45) is 0.569. The lowest BCUT2D eigenvalue weighted by Crippen LogP contribution is -2.35. The van der Waals surface area contributed by atoms with Gasteiger partial charge in [-0.15, -0.1) is 0 Å². The third-order valence-electron chi connectivity index (χ3n) is 2.29. The number of hydrogen-bond acceptors (Lipinski definition) is 3. The van der Waals surface area contributed by atoms with Crippen LogP contribution in [-0.2, 0) is 10.0 Å². The fourth-order valence-electron chi connectivity index (χ4n) is 1.46. The molecule has 0 bridgehead atoms. The van der Waals surface area contributed by atoms with E-state index in [9.17, 15) is 13.2 Å². The van der Waals surface area contributed by atoms with Crippen LogP contribution in [0.15, 0.2) is 28.7 Å². The first-order chi connectivity index (χ1) is 8.94. The summed E-state index contributed by atoms with van der Waals surface area (Å²) in [5.74, 6) is -0.122. The molecule has 0 aliphatic rings. The average Bonchev–Trinajstić information content (AvgIpc) is 2.34. The fraction of sp³-hybridized carbons (Fsp3) is 0.417. The van der Waals surface area contributed by atoms with Crippen LogP contribution in [-0.4, -0.2) is 33.2 Å². The average molecular weight is 349 g/mol. The van der Waals surface area contributed by atoms with Crippen molar-refractivity contribution in [1.29, 1.82) is 0 Å². The second-order valence-electron chi connectivity index (χ2n) is 3.98. The van der Waals surface area contributed by atoms with E-state index in [0.717, 1.165) is 4.47 Å². The maximum absolute atomic E-state index is 11.7. The fourth-order valence-corrected chi connectivity index (χ4v) is 2.95. The van der Waals surface area contributed by atoms with Crippen LogP contribution in [0.3, 0.4) is 0 Å². The Morgan fingerprint density at radius 2 is 2.05 bits per heavy atom. The summed E-state index contributed by atoms with van der Waals surface area (Å²) in [5, 5.41) is 2.65. The normalized spacial score (nSPS) is 11.3. The van der Waals surface area contributed by atoms with Gasteiger partial charge in [0.2, 0.25) is 10.0 Å². The highest BCUT2D eigenvalue weighted by atomic mass is 79.9. The molecule has 0 heterocycles. The van der Waals surface area contributed by atoms with E-state index < -0.39 is 10.0 Å². The Hall–Kier alpha value is -0.920. The molecule has 19 heavy (non-hydrogen) atoms. The molecule has 5 nitrogen and oxygen atoms in total. The SMILES string of the molecule is CCCS(=O)(=O)NCCNC(=O)c1cccc(Br)c1. The standard InChI is InChI=1S/C12H17BrN2O3S/c1-2-8-19(17,18)15-7-6-14-12(16)10-4-3-5-11(13)9-10/h3-5,9,15H,2,6-8H2,1H3,(H,14,16). The molecule has 0 unspecified atom stereocenters. The molecule has 0 atom stereocenters. The summed E-state index contributed by atoms with van der Waals surface area (Å²) in [5.41, 5.74) is 0.533. The Labute approximate surface area is 122 Å². The Balaban J connectivity index is 2.36. The van der Waals surface area contributed by atoms with Gasteiger partial charge in [0.05, 0.1) is 5.75 Å². The van der Waals surface area contributed by atoms with Crippen molar-refractivity contribution in [3.05, 3.63) is 34.3 Å². The number of halogens is 1. The number of carbonyl (C=O) groups excluding carboxylic acids is 1. The van der Waals surface area contributed by atoms with Crippen LogP contribution in [0, 0.1) is 0 Å². The molecule has 0 radical (unpaired) electrons. The van der Waals surface area contributed by atoms with E-state index in [1.807, 2.05) is 6.07 Å². The third kappa shape index (κ3) is 6.17. The molecule has 106 valence electrons. The molecular formula is C12H17BrN2O3S. The molecular weight excluding hydrogens is 332 g/mol. The van der Waals surface area contributed by atoms with Crippen LogP contribution in [0.2, 0.25) is 0 Å². The molecule has 0 aliphatic carbocycles. The molecule has 0 aliphatic heterocycles. The van der Waals surface area contributed by atoms with Crippen molar-refractivity contribution in [1.82, 2.24) is 10.0 Å². The zero-order valence-corrected chi connectivity index (χ0v) is 13.1. The van der Waals surface area contributed by atoms with Gasteiger partial charge in [0.25, 0.3) is 5.91 Å². The molecule has 0 spiro atoms. The lowest BCUT2D eigenvalue weighted by atomic mass is 10.2. The second kappa shape index (κ2) is 7.62. The van der Waals surface area contributed by atoms with Crippen LogP contribution in [0.4, 0.5) is 0 Å². The van der Waals surface area contributed by atoms with Crippen molar-refractivity contribution >= 4 is 31.9 Å². The van der Waals surface area contributed by atoms with Gasteiger partial charge in [0, 0.05) is 23.1 Å². The van der Waals surface area contributed by atoms with Crippen LogP contribution in [0.1, 0.15) is 23.7 Å². The molecule has 1 aromatic rings. The van der Waals surface area contributed by atoms with Gasteiger partial charge < -0.3 is 5.32 Å². The van der Waals surface area contributed by atoms with Gasteiger partial charge in [-0.05, 0) is 24.6 Å². The van der Waals surface area contributed by atoms with E-state index in [2.05, 4.69) is 26.0 Å². The van der Waals surface area contributed by atoms with Gasteiger partial charge in [0.15, 0.2) is 0 Å². The quantitative estimate of drug-likeness (QED) is 0.733. The molecule has 1 rings (SSSR count). The molecule has 7 heteroatoms. The highest BCUT2D eigenvalue weighted by molar-refractivity contribution is 9.10. The topological polar surface area (TPSA) is 75.3 Å². The van der Waals surface area contributed by atoms with Gasteiger partial charge in [-0.1, -0.05) is 28.9 Å². The highest BCUT2D eigenvalue weighted by Crippen LogP contribution is 2.11. The van der Waals surface area contributed by atoms with Crippen LogP contribution < -0.4 is 10.0 Å². The van der Waals surface area contributed by atoms with Crippen molar-refractivity contribution in [2.45, 2.75) is 13.3 Å². The molecule has 1 amide bonds. The predicted molar refractivity (Wildman–Crippen MR) is 78.6 cm³/mol. The summed E-state index contributed by atoms with van der Waals surface area (Å²) < 4.78 is 26.0. The van der Waals surface area contributed by atoms with E-state index in [0.29, 0.717) is 12.0 Å². The number of amides is 1. The number of nitrogens with one attached hydrogen (secondary N) is 2. The number of rotatable bonds is 7. The van der Waals surface area contributed by atoms with E-state index >= 15 is 0 Å². The lowest BCUT2D eigenvalue weighted by molar-refractivity contribution is 0.0954. The van der Waals surface area contributed by atoms with E-state index in [1.54, 1.807) is 25.1 Å². The summed E-state index contributed by atoms with van der Waals surface area (Å²) in [7, 11) is -3.21.